The van der Waals surface area contributed by atoms with E-state index in [-0.39, 0.29) is 24.3 Å². The van der Waals surface area contributed by atoms with Gasteiger partial charge in [0.15, 0.2) is 0 Å². The summed E-state index contributed by atoms with van der Waals surface area (Å²) in [5.74, 6) is 2.22. The molecule has 0 heterocycles. The molecule has 0 radical (unpaired) electrons. The van der Waals surface area contributed by atoms with Crippen LogP contribution in [0.4, 0.5) is 5.69 Å². The maximum absolute atomic E-state index is 11.5. The van der Waals surface area contributed by atoms with E-state index in [9.17, 15) is 9.59 Å². The number of rotatable bonds is 7. The van der Waals surface area contributed by atoms with Crippen LogP contribution in [0.25, 0.3) is 0 Å². The van der Waals surface area contributed by atoms with E-state index in [1.165, 1.54) is 0 Å². The first-order chi connectivity index (χ1) is 10.0. The fourth-order valence-corrected chi connectivity index (χ4v) is 1.50. The van der Waals surface area contributed by atoms with Crippen LogP contribution >= 0.6 is 0 Å². The number of nitrogens with one attached hydrogen (secondary N) is 3. The first-order valence-corrected chi connectivity index (χ1v) is 6.83. The van der Waals surface area contributed by atoms with Crippen molar-refractivity contribution in [2.75, 3.05) is 18.4 Å². The average Bonchev–Trinajstić information content (AvgIpc) is 2.46. The number of hydrogen-bond acceptors (Lipinski definition) is 3. The van der Waals surface area contributed by atoms with Crippen LogP contribution in [0.1, 0.15) is 19.4 Å². The van der Waals surface area contributed by atoms with Gasteiger partial charge in [0, 0.05) is 18.2 Å². The van der Waals surface area contributed by atoms with E-state index in [4.69, 9.17) is 6.42 Å². The third-order valence-electron chi connectivity index (χ3n) is 2.75. The van der Waals surface area contributed by atoms with Crippen molar-refractivity contribution in [2.24, 2.45) is 5.92 Å². The van der Waals surface area contributed by atoms with E-state index in [1.54, 1.807) is 0 Å². The van der Waals surface area contributed by atoms with Crippen molar-refractivity contribution in [1.29, 1.82) is 0 Å². The number of anilines is 1. The van der Waals surface area contributed by atoms with E-state index < -0.39 is 0 Å². The summed E-state index contributed by atoms with van der Waals surface area (Å²) in [6.45, 7) is 4.69. The number of carbonyl (C=O) groups is 2. The molecule has 1 aromatic rings. The van der Waals surface area contributed by atoms with Gasteiger partial charge in [0.2, 0.25) is 11.8 Å². The zero-order chi connectivity index (χ0) is 15.7. The van der Waals surface area contributed by atoms with Gasteiger partial charge >= 0.3 is 0 Å². The molecule has 0 spiro atoms. The van der Waals surface area contributed by atoms with Gasteiger partial charge in [-0.25, -0.2) is 0 Å². The van der Waals surface area contributed by atoms with Crippen LogP contribution in [-0.4, -0.2) is 24.9 Å². The first-order valence-electron chi connectivity index (χ1n) is 6.83. The topological polar surface area (TPSA) is 70.2 Å². The Morgan fingerprint density at radius 2 is 1.90 bits per heavy atom. The van der Waals surface area contributed by atoms with E-state index in [1.807, 2.05) is 38.1 Å². The lowest BCUT2D eigenvalue weighted by Gasteiger charge is -2.09. The van der Waals surface area contributed by atoms with Gasteiger partial charge in [0.25, 0.3) is 0 Å². The molecule has 5 heteroatoms. The Morgan fingerprint density at radius 1 is 1.24 bits per heavy atom. The molecule has 0 saturated carbocycles. The van der Waals surface area contributed by atoms with Crippen molar-refractivity contribution >= 4 is 17.5 Å². The van der Waals surface area contributed by atoms with Gasteiger partial charge in [-0.2, -0.15) is 0 Å². The Kier molecular flexibility index (Phi) is 6.99. The average molecular weight is 287 g/mol. The Hall–Kier alpha value is -2.32. The molecular weight excluding hydrogens is 266 g/mol. The van der Waals surface area contributed by atoms with Gasteiger partial charge in [0.05, 0.1) is 13.1 Å². The molecule has 0 aromatic heterocycles. The van der Waals surface area contributed by atoms with Crippen molar-refractivity contribution in [3.05, 3.63) is 29.8 Å². The van der Waals surface area contributed by atoms with Gasteiger partial charge in [-0.05, 0) is 17.7 Å². The van der Waals surface area contributed by atoms with Crippen molar-refractivity contribution in [1.82, 2.24) is 10.6 Å². The minimum atomic E-state index is -0.109. The quantitative estimate of drug-likeness (QED) is 0.520. The normalized spacial score (nSPS) is 10.0. The van der Waals surface area contributed by atoms with Crippen LogP contribution < -0.4 is 16.0 Å². The molecular formula is C16H21N3O2. The van der Waals surface area contributed by atoms with Gasteiger partial charge in [0.1, 0.15) is 0 Å². The van der Waals surface area contributed by atoms with Gasteiger partial charge in [-0.15, -0.1) is 6.42 Å². The number of hydrogen-bond donors (Lipinski definition) is 3. The molecule has 0 bridgehead atoms. The summed E-state index contributed by atoms with van der Waals surface area (Å²) in [7, 11) is 0. The van der Waals surface area contributed by atoms with Crippen molar-refractivity contribution in [2.45, 2.75) is 20.4 Å². The van der Waals surface area contributed by atoms with Crippen LogP contribution in [0.3, 0.4) is 0 Å². The SMILES string of the molecule is C#CCNCC(=O)NCc1ccc(NC(=O)C(C)C)cc1. The maximum atomic E-state index is 11.5. The molecule has 0 fully saturated rings. The summed E-state index contributed by atoms with van der Waals surface area (Å²) in [5, 5.41) is 8.41. The third kappa shape index (κ3) is 6.59. The lowest BCUT2D eigenvalue weighted by Crippen LogP contribution is -2.33. The number of terminal acetylenes is 1. The highest BCUT2D eigenvalue weighted by atomic mass is 16.2. The van der Waals surface area contributed by atoms with E-state index in [0.29, 0.717) is 13.1 Å². The standard InChI is InChI=1S/C16H21N3O2/c1-4-9-17-11-15(20)18-10-13-5-7-14(8-6-13)19-16(21)12(2)3/h1,5-8,12,17H,9-11H2,2-3H3,(H,18,20)(H,19,21). The van der Waals surface area contributed by atoms with Crippen LogP contribution in [0.5, 0.6) is 0 Å². The highest BCUT2D eigenvalue weighted by Gasteiger charge is 2.06. The molecule has 0 unspecified atom stereocenters. The number of benzene rings is 1. The van der Waals surface area contributed by atoms with Crippen molar-refractivity contribution < 1.29 is 9.59 Å². The minimum Gasteiger partial charge on any atom is -0.351 e. The van der Waals surface area contributed by atoms with Crippen molar-refractivity contribution in [3.63, 3.8) is 0 Å². The van der Waals surface area contributed by atoms with Crippen LogP contribution in [-0.2, 0) is 16.1 Å². The van der Waals surface area contributed by atoms with E-state index in [0.717, 1.165) is 11.3 Å². The highest BCUT2D eigenvalue weighted by Crippen LogP contribution is 2.10. The monoisotopic (exact) mass is 287 g/mol. The molecule has 5 nitrogen and oxygen atoms in total. The molecule has 3 N–H and O–H groups in total. The third-order valence-corrected chi connectivity index (χ3v) is 2.75. The summed E-state index contributed by atoms with van der Waals surface area (Å²) in [4.78, 5) is 23.0. The van der Waals surface area contributed by atoms with E-state index in [2.05, 4.69) is 21.9 Å². The summed E-state index contributed by atoms with van der Waals surface area (Å²) < 4.78 is 0. The van der Waals surface area contributed by atoms with Gasteiger partial charge in [-0.3, -0.25) is 14.9 Å². The molecule has 0 atom stereocenters. The molecule has 0 aliphatic rings. The lowest BCUT2D eigenvalue weighted by molar-refractivity contribution is -0.120. The number of amides is 2. The molecule has 0 aliphatic heterocycles. The van der Waals surface area contributed by atoms with E-state index >= 15 is 0 Å². The maximum Gasteiger partial charge on any atom is 0.234 e. The zero-order valence-electron chi connectivity index (χ0n) is 12.4. The molecule has 1 aromatic carbocycles. The molecule has 0 saturated heterocycles. The summed E-state index contributed by atoms with van der Waals surface area (Å²) in [5.41, 5.74) is 1.71. The Labute approximate surface area is 125 Å². The predicted octanol–water partition coefficient (Wildman–Crippen LogP) is 1.12. The Bertz CT molecular complexity index is 515. The van der Waals surface area contributed by atoms with Gasteiger partial charge < -0.3 is 10.6 Å². The Morgan fingerprint density at radius 3 is 2.48 bits per heavy atom. The molecule has 2 amide bonds. The molecule has 0 aliphatic carbocycles. The first kappa shape index (κ1) is 16.7. The fraction of sp³-hybridized carbons (Fsp3) is 0.375. The lowest BCUT2D eigenvalue weighted by atomic mass is 10.1. The highest BCUT2D eigenvalue weighted by molar-refractivity contribution is 5.92. The summed E-state index contributed by atoms with van der Waals surface area (Å²) in [6, 6.07) is 7.37. The van der Waals surface area contributed by atoms with Crippen molar-refractivity contribution in [3.8, 4) is 12.3 Å². The van der Waals surface area contributed by atoms with Gasteiger partial charge in [-0.1, -0.05) is 31.9 Å². The molecule has 21 heavy (non-hydrogen) atoms. The fourth-order valence-electron chi connectivity index (χ4n) is 1.50. The second kappa shape index (κ2) is 8.77. The van der Waals surface area contributed by atoms with Crippen LogP contribution in [0.15, 0.2) is 24.3 Å². The zero-order valence-corrected chi connectivity index (χ0v) is 12.4. The summed E-state index contributed by atoms with van der Waals surface area (Å²) in [6.07, 6.45) is 5.07. The minimum absolute atomic E-state index is 0.0179. The van der Waals surface area contributed by atoms with Crippen LogP contribution in [0, 0.1) is 18.3 Å². The smallest absolute Gasteiger partial charge is 0.234 e. The largest absolute Gasteiger partial charge is 0.351 e. The molecule has 112 valence electrons. The second-order valence-electron chi connectivity index (χ2n) is 4.93. The van der Waals surface area contributed by atoms with Crippen LogP contribution in [0.2, 0.25) is 0 Å². The number of carbonyl (C=O) groups excluding carboxylic acids is 2. The Balaban J connectivity index is 2.39. The summed E-state index contributed by atoms with van der Waals surface area (Å²) >= 11 is 0. The second-order valence-corrected chi connectivity index (χ2v) is 4.93. The molecule has 1 rings (SSSR count). The predicted molar refractivity (Wildman–Crippen MR) is 83.5 cm³/mol.